The highest BCUT2D eigenvalue weighted by atomic mass is 32.1. The maximum absolute atomic E-state index is 12.6. The molecule has 20 heavy (non-hydrogen) atoms. The molecule has 1 aliphatic heterocycles. The average molecular weight is 284 g/mol. The van der Waals surface area contributed by atoms with Gasteiger partial charge in [-0.1, -0.05) is 6.07 Å². The highest BCUT2D eigenvalue weighted by Crippen LogP contribution is 2.32. The smallest absolute Gasteiger partial charge is 0.196 e. The minimum atomic E-state index is 0.0924. The zero-order chi connectivity index (χ0) is 14.3. The van der Waals surface area contributed by atoms with Gasteiger partial charge >= 0.3 is 0 Å². The number of hydrogen-bond acceptors (Lipinski definition) is 3. The van der Waals surface area contributed by atoms with Crippen molar-refractivity contribution in [3.05, 3.63) is 56.3 Å². The van der Waals surface area contributed by atoms with Crippen molar-refractivity contribution in [2.24, 2.45) is 0 Å². The summed E-state index contributed by atoms with van der Waals surface area (Å²) in [5.41, 5.74) is 3.54. The van der Waals surface area contributed by atoms with Crippen molar-refractivity contribution >= 4 is 23.2 Å². The third-order valence-electron chi connectivity index (χ3n) is 3.42. The Bertz CT molecular complexity index is 723. The molecule has 0 saturated heterocycles. The highest BCUT2D eigenvalue weighted by molar-refractivity contribution is 7.12. The molecule has 0 saturated carbocycles. The molecule has 2 aromatic rings. The van der Waals surface area contributed by atoms with E-state index in [2.05, 4.69) is 13.0 Å². The Hall–Kier alpha value is -1.87. The molecule has 0 amide bonds. The molecule has 1 aromatic carbocycles. The minimum Gasteiger partial charge on any atom is -0.488 e. The van der Waals surface area contributed by atoms with Crippen LogP contribution in [-0.2, 0) is 0 Å². The van der Waals surface area contributed by atoms with Crippen molar-refractivity contribution in [1.82, 2.24) is 0 Å². The van der Waals surface area contributed by atoms with Crippen LogP contribution >= 0.6 is 11.3 Å². The van der Waals surface area contributed by atoms with Gasteiger partial charge in [0.1, 0.15) is 12.4 Å². The van der Waals surface area contributed by atoms with Crippen LogP contribution in [0.25, 0.3) is 6.08 Å². The lowest BCUT2D eigenvalue weighted by Crippen LogP contribution is -2.20. The molecule has 102 valence electrons. The van der Waals surface area contributed by atoms with E-state index in [4.69, 9.17) is 4.74 Å². The lowest BCUT2D eigenvalue weighted by atomic mass is 9.94. The average Bonchev–Trinajstić information content (AvgIpc) is 2.77. The van der Waals surface area contributed by atoms with Gasteiger partial charge < -0.3 is 4.74 Å². The molecule has 3 heteroatoms. The molecular formula is C17H16O2S. The largest absolute Gasteiger partial charge is 0.488 e. The monoisotopic (exact) mass is 284 g/mol. The Morgan fingerprint density at radius 3 is 2.70 bits per heavy atom. The number of carbonyl (C=O) groups is 1. The van der Waals surface area contributed by atoms with Crippen LogP contribution < -0.4 is 4.74 Å². The van der Waals surface area contributed by atoms with Crippen LogP contribution in [0.5, 0.6) is 5.75 Å². The number of ether oxygens (including phenoxy) is 1. The summed E-state index contributed by atoms with van der Waals surface area (Å²) in [5, 5.41) is 0. The predicted octanol–water partition coefficient (Wildman–Crippen LogP) is 4.33. The number of thiophene rings is 1. The molecule has 1 aliphatic rings. The van der Waals surface area contributed by atoms with Crippen LogP contribution in [0.4, 0.5) is 0 Å². The number of fused-ring (bicyclic) bond motifs is 1. The van der Waals surface area contributed by atoms with Crippen LogP contribution in [0.2, 0.25) is 0 Å². The first-order chi connectivity index (χ1) is 9.54. The van der Waals surface area contributed by atoms with Gasteiger partial charge in [-0.05, 0) is 56.2 Å². The van der Waals surface area contributed by atoms with Gasteiger partial charge in [0.05, 0.1) is 5.56 Å². The maximum Gasteiger partial charge on any atom is 0.196 e. The van der Waals surface area contributed by atoms with Crippen LogP contribution in [0, 0.1) is 20.8 Å². The molecule has 2 nitrogen and oxygen atoms in total. The Balaban J connectivity index is 2.03. The van der Waals surface area contributed by atoms with Crippen molar-refractivity contribution in [3.63, 3.8) is 0 Å². The number of rotatable bonds is 1. The summed E-state index contributed by atoms with van der Waals surface area (Å²) < 4.78 is 5.76. The van der Waals surface area contributed by atoms with Gasteiger partial charge in [-0.15, -0.1) is 11.3 Å². The van der Waals surface area contributed by atoms with E-state index in [9.17, 15) is 4.79 Å². The van der Waals surface area contributed by atoms with Crippen LogP contribution in [0.3, 0.4) is 0 Å². The highest BCUT2D eigenvalue weighted by Gasteiger charge is 2.25. The molecule has 3 rings (SSSR count). The Morgan fingerprint density at radius 2 is 2.00 bits per heavy atom. The fraction of sp³-hybridized carbons (Fsp3) is 0.235. The van der Waals surface area contributed by atoms with Gasteiger partial charge in [0.25, 0.3) is 0 Å². The summed E-state index contributed by atoms with van der Waals surface area (Å²) in [4.78, 5) is 15.0. The maximum atomic E-state index is 12.6. The van der Waals surface area contributed by atoms with Gasteiger partial charge in [-0.2, -0.15) is 0 Å². The summed E-state index contributed by atoms with van der Waals surface area (Å²) in [5.74, 6) is 0.807. The second-order valence-electron chi connectivity index (χ2n) is 5.19. The number of benzene rings is 1. The molecule has 0 bridgehead atoms. The minimum absolute atomic E-state index is 0.0924. The zero-order valence-electron chi connectivity index (χ0n) is 11.8. The van der Waals surface area contributed by atoms with E-state index in [1.807, 2.05) is 38.1 Å². The van der Waals surface area contributed by atoms with E-state index in [-0.39, 0.29) is 5.78 Å². The van der Waals surface area contributed by atoms with Gasteiger partial charge in [0, 0.05) is 15.3 Å². The van der Waals surface area contributed by atoms with Crippen molar-refractivity contribution in [2.75, 3.05) is 6.61 Å². The number of aryl methyl sites for hydroxylation is 3. The fourth-order valence-electron chi connectivity index (χ4n) is 2.52. The van der Waals surface area contributed by atoms with Crippen molar-refractivity contribution in [2.45, 2.75) is 20.8 Å². The second kappa shape index (κ2) is 4.91. The summed E-state index contributed by atoms with van der Waals surface area (Å²) >= 11 is 1.69. The van der Waals surface area contributed by atoms with E-state index in [0.717, 1.165) is 21.6 Å². The standard InChI is InChI=1S/C17H16O2S/c1-10-6-11(2)16-15(7-10)19-9-13(17(16)18)8-14-5-4-12(3)20-14/h4-8H,9H2,1-3H3/b13-8+. The fourth-order valence-corrected chi connectivity index (χ4v) is 3.37. The molecule has 0 aliphatic carbocycles. The van der Waals surface area contributed by atoms with Gasteiger partial charge in [-0.3, -0.25) is 4.79 Å². The molecule has 0 N–H and O–H groups in total. The van der Waals surface area contributed by atoms with Crippen molar-refractivity contribution in [3.8, 4) is 5.75 Å². The molecule has 0 unspecified atom stereocenters. The molecular weight excluding hydrogens is 268 g/mol. The molecule has 0 atom stereocenters. The van der Waals surface area contributed by atoms with Gasteiger partial charge in [-0.25, -0.2) is 0 Å². The van der Waals surface area contributed by atoms with E-state index in [0.29, 0.717) is 17.9 Å². The van der Waals surface area contributed by atoms with Crippen LogP contribution in [0.15, 0.2) is 29.8 Å². The Kier molecular flexibility index (Phi) is 3.22. The third-order valence-corrected chi connectivity index (χ3v) is 4.37. The normalized spacial score (nSPS) is 16.1. The van der Waals surface area contributed by atoms with E-state index in [1.54, 1.807) is 11.3 Å². The molecule has 0 spiro atoms. The zero-order valence-corrected chi connectivity index (χ0v) is 12.6. The molecule has 0 fully saturated rings. The number of carbonyl (C=O) groups excluding carboxylic acids is 1. The Morgan fingerprint density at radius 1 is 1.20 bits per heavy atom. The first kappa shape index (κ1) is 13.1. The molecule has 1 aromatic heterocycles. The molecule has 0 radical (unpaired) electrons. The SMILES string of the molecule is Cc1cc(C)c2c(c1)OC/C(=C\c1ccc(C)s1)C2=O. The van der Waals surface area contributed by atoms with Crippen LogP contribution in [-0.4, -0.2) is 12.4 Å². The van der Waals surface area contributed by atoms with Gasteiger partial charge in [0.15, 0.2) is 5.78 Å². The van der Waals surface area contributed by atoms with E-state index < -0.39 is 0 Å². The summed E-state index contributed by atoms with van der Waals surface area (Å²) in [6.45, 7) is 6.39. The van der Waals surface area contributed by atoms with E-state index in [1.165, 1.54) is 4.88 Å². The lowest BCUT2D eigenvalue weighted by molar-refractivity contribution is 0.1000. The van der Waals surface area contributed by atoms with Gasteiger partial charge in [0.2, 0.25) is 0 Å². The number of Topliss-reactive ketones (excluding diaryl/α,β-unsaturated/α-hetero) is 1. The van der Waals surface area contributed by atoms with Crippen molar-refractivity contribution < 1.29 is 9.53 Å². The first-order valence-corrected chi connectivity index (χ1v) is 7.42. The first-order valence-electron chi connectivity index (χ1n) is 6.60. The topological polar surface area (TPSA) is 26.3 Å². The van der Waals surface area contributed by atoms with Crippen LogP contribution in [0.1, 0.15) is 31.2 Å². The number of hydrogen-bond donors (Lipinski definition) is 0. The number of ketones is 1. The predicted molar refractivity (Wildman–Crippen MR) is 82.8 cm³/mol. The molecule has 2 heterocycles. The second-order valence-corrected chi connectivity index (χ2v) is 6.51. The lowest BCUT2D eigenvalue weighted by Gasteiger charge is -2.21. The van der Waals surface area contributed by atoms with Crippen molar-refractivity contribution in [1.29, 1.82) is 0 Å². The quantitative estimate of drug-likeness (QED) is 0.728. The third kappa shape index (κ3) is 2.29. The van der Waals surface area contributed by atoms with E-state index >= 15 is 0 Å². The summed E-state index contributed by atoms with van der Waals surface area (Å²) in [6.07, 6.45) is 1.95. The summed E-state index contributed by atoms with van der Waals surface area (Å²) in [7, 11) is 0. The summed E-state index contributed by atoms with van der Waals surface area (Å²) in [6, 6.07) is 8.07. The Labute approximate surface area is 122 Å².